The molecule has 152 valence electrons. The first-order valence-electron chi connectivity index (χ1n) is 10.8. The van der Waals surface area contributed by atoms with Gasteiger partial charge >= 0.3 is 6.03 Å². The van der Waals surface area contributed by atoms with Gasteiger partial charge in [0.15, 0.2) is 5.82 Å². The molecule has 7 rings (SSSR count). The van der Waals surface area contributed by atoms with E-state index in [1.807, 2.05) is 11.0 Å². The third kappa shape index (κ3) is 2.94. The van der Waals surface area contributed by atoms with Gasteiger partial charge in [-0.25, -0.2) is 4.79 Å². The van der Waals surface area contributed by atoms with E-state index in [0.717, 1.165) is 50.9 Å². The molecular weight excluding hydrogens is 368 g/mol. The van der Waals surface area contributed by atoms with Crippen LogP contribution in [0.5, 0.6) is 0 Å². The monoisotopic (exact) mass is 394 g/mol. The summed E-state index contributed by atoms with van der Waals surface area (Å²) in [4.78, 5) is 19.5. The van der Waals surface area contributed by atoms with Gasteiger partial charge in [0.05, 0.1) is 11.6 Å². The van der Waals surface area contributed by atoms with Crippen LogP contribution in [0.25, 0.3) is 0 Å². The van der Waals surface area contributed by atoms with E-state index in [1.54, 1.807) is 0 Å². The lowest BCUT2D eigenvalue weighted by Gasteiger charge is -2.42. The SMILES string of the molecule is O=C(NC[C@@H]1CC[C@H](c2nc(C3CC3)no2)O1)N1CC2CC1(c1ccccc1)C2. The molecule has 2 amide bonds. The van der Waals surface area contributed by atoms with Crippen molar-refractivity contribution >= 4 is 6.03 Å². The maximum Gasteiger partial charge on any atom is 0.318 e. The van der Waals surface area contributed by atoms with Gasteiger partial charge in [-0.1, -0.05) is 35.5 Å². The van der Waals surface area contributed by atoms with E-state index in [-0.39, 0.29) is 23.8 Å². The molecule has 3 saturated heterocycles. The third-order valence-electron chi connectivity index (χ3n) is 7.03. The highest BCUT2D eigenvalue weighted by molar-refractivity contribution is 5.76. The molecule has 0 radical (unpaired) electrons. The molecule has 1 aromatic carbocycles. The second-order valence-corrected chi connectivity index (χ2v) is 9.06. The average molecular weight is 394 g/mol. The lowest BCUT2D eigenvalue weighted by atomic mass is 9.69. The number of benzene rings is 1. The van der Waals surface area contributed by atoms with E-state index < -0.39 is 0 Å². The van der Waals surface area contributed by atoms with E-state index in [0.29, 0.717) is 24.3 Å². The molecule has 2 aliphatic carbocycles. The second-order valence-electron chi connectivity index (χ2n) is 9.06. The number of fused-ring (bicyclic) bond motifs is 1. The first-order valence-corrected chi connectivity index (χ1v) is 10.8. The van der Waals surface area contributed by atoms with Crippen molar-refractivity contribution < 1.29 is 14.1 Å². The standard InChI is InChI=1S/C22H26N4O3/c27-21(26-13-14-10-22(26,11-14)16-4-2-1-3-5-16)23-12-17-8-9-18(28-17)20-24-19(25-29-20)15-6-7-15/h1-5,14-15,17-18H,6-13H2,(H,23,27)/t14?,17-,18+,22?/m0/s1. The number of aromatic nitrogens is 2. The Hall–Kier alpha value is -2.41. The van der Waals surface area contributed by atoms with Crippen LogP contribution in [0.3, 0.4) is 0 Å². The van der Waals surface area contributed by atoms with Crippen LogP contribution in [-0.4, -0.2) is 40.3 Å². The molecule has 5 aliphatic rings. The van der Waals surface area contributed by atoms with Crippen LogP contribution >= 0.6 is 0 Å². The molecule has 0 spiro atoms. The van der Waals surface area contributed by atoms with Crippen LogP contribution in [0.4, 0.5) is 4.79 Å². The average Bonchev–Trinajstić information content (AvgIpc) is 3.12. The van der Waals surface area contributed by atoms with Crippen LogP contribution in [0.1, 0.15) is 67.8 Å². The minimum absolute atomic E-state index is 0.00879. The van der Waals surface area contributed by atoms with Crippen molar-refractivity contribution in [1.29, 1.82) is 0 Å². The first kappa shape index (κ1) is 17.4. The van der Waals surface area contributed by atoms with Gasteiger partial charge in [-0.3, -0.25) is 0 Å². The summed E-state index contributed by atoms with van der Waals surface area (Å²) in [5.41, 5.74) is 1.14. The highest BCUT2D eigenvalue weighted by Gasteiger charge is 2.58. The van der Waals surface area contributed by atoms with E-state index in [1.165, 1.54) is 5.56 Å². The van der Waals surface area contributed by atoms with Gasteiger partial charge in [-0.15, -0.1) is 0 Å². The number of hydrogen-bond donors (Lipinski definition) is 1. The van der Waals surface area contributed by atoms with E-state index in [2.05, 4.69) is 39.7 Å². The predicted molar refractivity (Wildman–Crippen MR) is 104 cm³/mol. The Balaban J connectivity index is 1.06. The smallest absolute Gasteiger partial charge is 0.318 e. The molecule has 4 heterocycles. The minimum atomic E-state index is -0.146. The molecule has 1 N–H and O–H groups in total. The quantitative estimate of drug-likeness (QED) is 0.840. The Morgan fingerprint density at radius 3 is 2.79 bits per heavy atom. The highest BCUT2D eigenvalue weighted by Crippen LogP contribution is 2.56. The maximum absolute atomic E-state index is 13.0. The van der Waals surface area contributed by atoms with Crippen LogP contribution in [0.2, 0.25) is 0 Å². The number of nitrogens with one attached hydrogen (secondary N) is 1. The number of nitrogens with zero attached hydrogens (tertiary/aromatic N) is 3. The highest BCUT2D eigenvalue weighted by atomic mass is 16.5. The number of amides is 2. The molecule has 3 aliphatic heterocycles. The van der Waals surface area contributed by atoms with Gasteiger partial charge in [-0.2, -0.15) is 4.98 Å². The summed E-state index contributed by atoms with van der Waals surface area (Å²) < 4.78 is 11.5. The Morgan fingerprint density at radius 2 is 2.00 bits per heavy atom. The molecule has 2 bridgehead atoms. The first-order chi connectivity index (χ1) is 14.2. The van der Waals surface area contributed by atoms with Crippen molar-refractivity contribution in [3.8, 4) is 0 Å². The minimum Gasteiger partial charge on any atom is -0.363 e. The largest absolute Gasteiger partial charge is 0.363 e. The normalized spacial score (nSPS) is 33.0. The fraction of sp³-hybridized carbons (Fsp3) is 0.591. The number of ether oxygens (including phenoxy) is 1. The Labute approximate surface area is 169 Å². The van der Waals surface area contributed by atoms with Crippen LogP contribution in [0.15, 0.2) is 34.9 Å². The van der Waals surface area contributed by atoms with Crippen LogP contribution < -0.4 is 5.32 Å². The molecule has 1 aromatic heterocycles. The molecule has 29 heavy (non-hydrogen) atoms. The van der Waals surface area contributed by atoms with E-state index >= 15 is 0 Å². The molecule has 2 aromatic rings. The van der Waals surface area contributed by atoms with Crippen molar-refractivity contribution in [3.63, 3.8) is 0 Å². The number of carbonyl (C=O) groups excluding carboxylic acids is 1. The van der Waals surface area contributed by atoms with Crippen molar-refractivity contribution in [2.24, 2.45) is 5.92 Å². The molecule has 2 saturated carbocycles. The second kappa shape index (κ2) is 6.55. The van der Waals surface area contributed by atoms with Crippen LogP contribution in [-0.2, 0) is 10.3 Å². The summed E-state index contributed by atoms with van der Waals surface area (Å²) in [5.74, 6) is 2.52. The van der Waals surface area contributed by atoms with Gasteiger partial charge in [0.1, 0.15) is 6.10 Å². The lowest BCUT2D eigenvalue weighted by molar-refractivity contribution is 0.0264. The van der Waals surface area contributed by atoms with Crippen molar-refractivity contribution in [3.05, 3.63) is 47.6 Å². The fourth-order valence-corrected chi connectivity index (χ4v) is 5.31. The summed E-state index contributed by atoms with van der Waals surface area (Å²) in [7, 11) is 0. The molecule has 7 heteroatoms. The Morgan fingerprint density at radius 1 is 1.17 bits per heavy atom. The molecule has 2 atom stereocenters. The Kier molecular flexibility index (Phi) is 3.94. The maximum atomic E-state index is 13.0. The van der Waals surface area contributed by atoms with E-state index in [9.17, 15) is 4.79 Å². The van der Waals surface area contributed by atoms with Crippen molar-refractivity contribution in [2.45, 2.75) is 62.2 Å². The third-order valence-corrected chi connectivity index (χ3v) is 7.03. The summed E-state index contributed by atoms with van der Waals surface area (Å²) in [6.07, 6.45) is 6.05. The van der Waals surface area contributed by atoms with Gasteiger partial charge in [-0.05, 0) is 50.0 Å². The van der Waals surface area contributed by atoms with Gasteiger partial charge in [0.25, 0.3) is 5.89 Å². The topological polar surface area (TPSA) is 80.5 Å². The van der Waals surface area contributed by atoms with Gasteiger partial charge in [0, 0.05) is 19.0 Å². The lowest BCUT2D eigenvalue weighted by Crippen LogP contribution is -2.50. The number of rotatable bonds is 5. The number of hydrogen-bond acceptors (Lipinski definition) is 5. The zero-order valence-electron chi connectivity index (χ0n) is 16.4. The number of carbonyl (C=O) groups is 1. The van der Waals surface area contributed by atoms with Crippen LogP contribution in [0, 0.1) is 5.92 Å². The van der Waals surface area contributed by atoms with Gasteiger partial charge < -0.3 is 19.5 Å². The molecule has 7 nitrogen and oxygen atoms in total. The molecular formula is C22H26N4O3. The zero-order valence-corrected chi connectivity index (χ0v) is 16.4. The summed E-state index contributed by atoms with van der Waals surface area (Å²) in [6.45, 7) is 1.37. The summed E-state index contributed by atoms with van der Waals surface area (Å²) >= 11 is 0. The summed E-state index contributed by atoms with van der Waals surface area (Å²) in [6, 6.07) is 10.5. The fourth-order valence-electron chi connectivity index (χ4n) is 5.31. The van der Waals surface area contributed by atoms with E-state index in [4.69, 9.17) is 9.26 Å². The molecule has 5 fully saturated rings. The summed E-state index contributed by atoms with van der Waals surface area (Å²) in [5, 5.41) is 7.20. The predicted octanol–water partition coefficient (Wildman–Crippen LogP) is 3.50. The van der Waals surface area contributed by atoms with Gasteiger partial charge in [0.2, 0.25) is 0 Å². The zero-order chi connectivity index (χ0) is 19.4. The Bertz CT molecular complexity index is 904. The number of urea groups is 1. The van der Waals surface area contributed by atoms with Crippen molar-refractivity contribution in [1.82, 2.24) is 20.4 Å². The molecule has 0 unspecified atom stereocenters. The van der Waals surface area contributed by atoms with Crippen molar-refractivity contribution in [2.75, 3.05) is 13.1 Å².